The Morgan fingerprint density at radius 3 is 2.65 bits per heavy atom. The van der Waals surface area contributed by atoms with E-state index in [2.05, 4.69) is 34.6 Å². The maximum absolute atomic E-state index is 6.14. The molecule has 0 aliphatic carbocycles. The molecule has 5 nitrogen and oxygen atoms in total. The molecule has 0 amide bonds. The molecule has 0 radical (unpaired) electrons. The van der Waals surface area contributed by atoms with Crippen LogP contribution in [0.15, 0.2) is 6.33 Å². The highest BCUT2D eigenvalue weighted by Gasteiger charge is 2.23. The molecule has 0 unspecified atom stereocenters. The maximum Gasteiger partial charge on any atom is 0.166 e. The number of halogens is 1. The van der Waals surface area contributed by atoms with Crippen LogP contribution >= 0.6 is 11.6 Å². The summed E-state index contributed by atoms with van der Waals surface area (Å²) in [7, 11) is 0.0432. The first kappa shape index (κ1) is 12.5. The summed E-state index contributed by atoms with van der Waals surface area (Å²) in [5.41, 5.74) is 2.21. The first-order valence-corrected chi connectivity index (χ1v) is 9.19. The highest BCUT2D eigenvalue weighted by Crippen LogP contribution is 2.17. The van der Waals surface area contributed by atoms with E-state index >= 15 is 0 Å². The highest BCUT2D eigenvalue weighted by atomic mass is 35.5. The molecule has 92 valence electrons. The number of imidazole rings is 1. The lowest BCUT2D eigenvalue weighted by Gasteiger charge is -2.14. The largest absolute Gasteiger partial charge is 0.364 e. The summed E-state index contributed by atoms with van der Waals surface area (Å²) in [6.45, 7) is 6.96. The van der Waals surface area contributed by atoms with Crippen molar-refractivity contribution in [3.05, 3.63) is 11.5 Å². The van der Waals surface area contributed by atoms with E-state index in [1.54, 1.807) is 13.4 Å². The minimum atomic E-state index is -1.59. The van der Waals surface area contributed by atoms with Crippen molar-refractivity contribution in [2.24, 2.45) is 0 Å². The van der Waals surface area contributed by atoms with Gasteiger partial charge in [-0.2, -0.15) is 0 Å². The van der Waals surface area contributed by atoms with Crippen molar-refractivity contribution in [3.8, 4) is 0 Å². The number of rotatable bonds is 3. The number of nitrogens with zero attached hydrogens (tertiary/aromatic N) is 4. The van der Waals surface area contributed by atoms with Crippen LogP contribution in [-0.2, 0) is 11.5 Å². The van der Waals surface area contributed by atoms with E-state index < -0.39 is 8.07 Å². The van der Waals surface area contributed by atoms with Crippen molar-refractivity contribution in [3.63, 3.8) is 0 Å². The number of hydrogen-bond donors (Lipinski definition) is 0. The van der Waals surface area contributed by atoms with Gasteiger partial charge >= 0.3 is 0 Å². The van der Waals surface area contributed by atoms with Crippen molar-refractivity contribution in [2.75, 3.05) is 7.11 Å². The van der Waals surface area contributed by atoms with Crippen LogP contribution in [0.25, 0.3) is 11.2 Å². The van der Waals surface area contributed by atoms with Gasteiger partial charge in [-0.15, -0.1) is 0 Å². The second-order valence-corrected chi connectivity index (χ2v) is 10.2. The van der Waals surface area contributed by atoms with Gasteiger partial charge in [-0.1, -0.05) is 31.2 Å². The van der Waals surface area contributed by atoms with Gasteiger partial charge in [0.25, 0.3) is 0 Å². The minimum Gasteiger partial charge on any atom is -0.364 e. The standard InChI is InChI=1S/C10H15ClN4OSi/c1-16-6-15-5-12-7-8(11)13-10(14-9(7)15)17(2,3)4/h5H,6H2,1-4H3. The second kappa shape index (κ2) is 4.36. The first-order valence-electron chi connectivity index (χ1n) is 5.31. The lowest BCUT2D eigenvalue weighted by molar-refractivity contribution is 0.134. The van der Waals surface area contributed by atoms with E-state index in [4.69, 9.17) is 16.3 Å². The van der Waals surface area contributed by atoms with Gasteiger partial charge in [0.15, 0.2) is 10.8 Å². The molecule has 0 aromatic carbocycles. The molecule has 0 aliphatic rings. The molecule has 2 aromatic rings. The Labute approximate surface area is 106 Å². The van der Waals surface area contributed by atoms with E-state index in [0.717, 1.165) is 11.1 Å². The second-order valence-electron chi connectivity index (χ2n) is 4.89. The first-order chi connectivity index (χ1) is 7.93. The van der Waals surface area contributed by atoms with Crippen molar-refractivity contribution in [2.45, 2.75) is 26.4 Å². The van der Waals surface area contributed by atoms with Gasteiger partial charge in [0.1, 0.15) is 25.8 Å². The third-order valence-corrected chi connectivity index (χ3v) is 4.19. The zero-order chi connectivity index (χ0) is 12.6. The van der Waals surface area contributed by atoms with Crippen LogP contribution in [0.2, 0.25) is 24.8 Å². The van der Waals surface area contributed by atoms with Gasteiger partial charge in [0.2, 0.25) is 0 Å². The van der Waals surface area contributed by atoms with E-state index in [1.807, 2.05) is 4.57 Å². The number of fused-ring (bicyclic) bond motifs is 1. The van der Waals surface area contributed by atoms with E-state index in [9.17, 15) is 0 Å². The Kier molecular flexibility index (Phi) is 3.20. The predicted molar refractivity (Wildman–Crippen MR) is 70.3 cm³/mol. The lowest BCUT2D eigenvalue weighted by atomic mass is 10.5. The molecule has 0 saturated carbocycles. The van der Waals surface area contributed by atoms with Crippen LogP contribution in [-0.4, -0.2) is 34.7 Å². The van der Waals surface area contributed by atoms with Crippen molar-refractivity contribution < 1.29 is 4.74 Å². The Hall–Kier alpha value is -0.983. The molecular weight excluding hydrogens is 256 g/mol. The Morgan fingerprint density at radius 1 is 1.35 bits per heavy atom. The summed E-state index contributed by atoms with van der Waals surface area (Å²) in [4.78, 5) is 13.1. The fourth-order valence-electron chi connectivity index (χ4n) is 1.48. The number of ether oxygens (including phenoxy) is 1. The molecule has 17 heavy (non-hydrogen) atoms. The molecule has 0 N–H and O–H groups in total. The summed E-state index contributed by atoms with van der Waals surface area (Å²) < 4.78 is 6.92. The van der Waals surface area contributed by atoms with Gasteiger partial charge in [-0.3, -0.25) is 4.57 Å². The third-order valence-electron chi connectivity index (χ3n) is 2.36. The van der Waals surface area contributed by atoms with Crippen LogP contribution < -0.4 is 5.45 Å². The summed E-state index contributed by atoms with van der Waals surface area (Å²) in [6, 6.07) is 0. The van der Waals surface area contributed by atoms with Gasteiger partial charge in [-0.25, -0.2) is 15.0 Å². The molecule has 2 aromatic heterocycles. The topological polar surface area (TPSA) is 52.8 Å². The molecule has 0 aliphatic heterocycles. The molecule has 0 fully saturated rings. The Morgan fingerprint density at radius 2 is 2.06 bits per heavy atom. The molecule has 2 rings (SSSR count). The van der Waals surface area contributed by atoms with Gasteiger partial charge in [0.05, 0.1) is 6.33 Å². The van der Waals surface area contributed by atoms with Gasteiger partial charge in [-0.05, 0) is 0 Å². The smallest absolute Gasteiger partial charge is 0.166 e. The zero-order valence-electron chi connectivity index (χ0n) is 10.4. The molecule has 0 atom stereocenters. The molecule has 0 bridgehead atoms. The fourth-order valence-corrected chi connectivity index (χ4v) is 2.65. The van der Waals surface area contributed by atoms with Crippen molar-refractivity contribution >= 4 is 36.3 Å². The molecule has 7 heteroatoms. The SMILES string of the molecule is COCn1cnc2c(Cl)nc([Si](C)(C)C)nc21. The van der Waals surface area contributed by atoms with Crippen LogP contribution in [0.3, 0.4) is 0 Å². The summed E-state index contributed by atoms with van der Waals surface area (Å²) in [5, 5.41) is 0.419. The summed E-state index contributed by atoms with van der Waals surface area (Å²) >= 11 is 6.14. The van der Waals surface area contributed by atoms with E-state index in [0.29, 0.717) is 17.4 Å². The normalized spacial score (nSPS) is 12.3. The third kappa shape index (κ3) is 2.33. The van der Waals surface area contributed by atoms with Crippen LogP contribution in [0.1, 0.15) is 0 Å². The average molecular weight is 271 g/mol. The minimum absolute atomic E-state index is 0.412. The molecule has 2 heterocycles. The average Bonchev–Trinajstić information content (AvgIpc) is 2.61. The van der Waals surface area contributed by atoms with Crippen LogP contribution in [0.5, 0.6) is 0 Å². The number of aromatic nitrogens is 4. The van der Waals surface area contributed by atoms with Crippen LogP contribution in [0.4, 0.5) is 0 Å². The summed E-state index contributed by atoms with van der Waals surface area (Å²) in [5.74, 6) is 0. The number of hydrogen-bond acceptors (Lipinski definition) is 4. The molecule has 0 saturated heterocycles. The Bertz CT molecular complexity index is 549. The molecular formula is C10H15ClN4OSi. The van der Waals surface area contributed by atoms with Gasteiger partial charge in [0, 0.05) is 7.11 Å². The Balaban J connectivity index is 2.65. The van der Waals surface area contributed by atoms with E-state index in [-0.39, 0.29) is 0 Å². The fraction of sp³-hybridized carbons (Fsp3) is 0.500. The quantitative estimate of drug-likeness (QED) is 0.628. The number of methoxy groups -OCH3 is 1. The van der Waals surface area contributed by atoms with Gasteiger partial charge < -0.3 is 4.74 Å². The lowest BCUT2D eigenvalue weighted by Crippen LogP contribution is -2.42. The van der Waals surface area contributed by atoms with E-state index in [1.165, 1.54) is 0 Å². The zero-order valence-corrected chi connectivity index (χ0v) is 12.1. The van der Waals surface area contributed by atoms with Crippen molar-refractivity contribution in [1.29, 1.82) is 0 Å². The summed E-state index contributed by atoms with van der Waals surface area (Å²) in [6.07, 6.45) is 1.67. The molecule has 0 spiro atoms. The highest BCUT2D eigenvalue weighted by molar-refractivity contribution is 6.87. The maximum atomic E-state index is 6.14. The monoisotopic (exact) mass is 270 g/mol. The van der Waals surface area contributed by atoms with Crippen molar-refractivity contribution in [1.82, 2.24) is 19.5 Å². The van der Waals surface area contributed by atoms with Crippen LogP contribution in [0, 0.1) is 0 Å². The predicted octanol–water partition coefficient (Wildman–Crippen LogP) is 1.63.